The van der Waals surface area contributed by atoms with E-state index in [1.807, 2.05) is 60.7 Å². The molecule has 5 nitrogen and oxygen atoms in total. The molecule has 1 amide bonds. The number of fused-ring (bicyclic) bond motifs is 1. The van der Waals surface area contributed by atoms with Crippen molar-refractivity contribution in [2.45, 2.75) is 12.5 Å². The number of aromatic nitrogens is 2. The Balaban J connectivity index is 1.66. The van der Waals surface area contributed by atoms with Crippen LogP contribution in [0.5, 0.6) is 5.75 Å². The maximum atomic E-state index is 12.8. The summed E-state index contributed by atoms with van der Waals surface area (Å²) in [6.45, 7) is 0. The number of aromatic amines is 1. The highest BCUT2D eigenvalue weighted by atomic mass is 35.5. The number of carbonyl (C=O) groups excluding carboxylic acids is 1. The first kappa shape index (κ1) is 19.0. The number of amides is 1. The summed E-state index contributed by atoms with van der Waals surface area (Å²) in [5, 5.41) is 3.71. The highest BCUT2D eigenvalue weighted by Gasteiger charge is 2.21. The van der Waals surface area contributed by atoms with Crippen molar-refractivity contribution in [2.75, 3.05) is 7.11 Å². The lowest BCUT2D eigenvalue weighted by Gasteiger charge is -2.18. The van der Waals surface area contributed by atoms with Gasteiger partial charge in [-0.1, -0.05) is 48.0 Å². The SMILES string of the molecule is COc1cccc(C(NC(=O)Cc2cccc(Cl)c2)c2nc3ccccc3[nH]2)c1. The van der Waals surface area contributed by atoms with Crippen molar-refractivity contribution in [1.82, 2.24) is 15.3 Å². The zero-order valence-electron chi connectivity index (χ0n) is 15.9. The molecule has 1 aromatic heterocycles. The molecular weight excluding hydrogens is 386 g/mol. The number of hydrogen-bond acceptors (Lipinski definition) is 3. The van der Waals surface area contributed by atoms with Gasteiger partial charge in [0.1, 0.15) is 17.6 Å². The molecule has 1 unspecified atom stereocenters. The van der Waals surface area contributed by atoms with E-state index in [0.29, 0.717) is 16.6 Å². The van der Waals surface area contributed by atoms with E-state index in [0.717, 1.165) is 22.2 Å². The second-order valence-electron chi connectivity index (χ2n) is 6.72. The molecule has 0 radical (unpaired) electrons. The highest BCUT2D eigenvalue weighted by molar-refractivity contribution is 6.30. The maximum Gasteiger partial charge on any atom is 0.225 e. The molecule has 4 aromatic rings. The van der Waals surface area contributed by atoms with Gasteiger partial charge in [-0.2, -0.15) is 0 Å². The van der Waals surface area contributed by atoms with Crippen molar-refractivity contribution in [3.8, 4) is 5.75 Å². The van der Waals surface area contributed by atoms with Crippen LogP contribution in [0.4, 0.5) is 0 Å². The number of para-hydroxylation sites is 2. The largest absolute Gasteiger partial charge is 0.497 e. The molecule has 1 heterocycles. The van der Waals surface area contributed by atoms with Gasteiger partial charge >= 0.3 is 0 Å². The summed E-state index contributed by atoms with van der Waals surface area (Å²) >= 11 is 6.04. The second kappa shape index (κ2) is 8.37. The number of methoxy groups -OCH3 is 1. The quantitative estimate of drug-likeness (QED) is 0.489. The molecule has 1 atom stereocenters. The summed E-state index contributed by atoms with van der Waals surface area (Å²) < 4.78 is 5.36. The minimum absolute atomic E-state index is 0.124. The van der Waals surface area contributed by atoms with E-state index in [4.69, 9.17) is 16.3 Å². The zero-order valence-corrected chi connectivity index (χ0v) is 16.6. The Morgan fingerprint density at radius 2 is 1.93 bits per heavy atom. The monoisotopic (exact) mass is 405 g/mol. The molecule has 0 saturated heterocycles. The van der Waals surface area contributed by atoms with Crippen LogP contribution in [0.2, 0.25) is 5.02 Å². The lowest BCUT2D eigenvalue weighted by molar-refractivity contribution is -0.121. The maximum absolute atomic E-state index is 12.8. The Morgan fingerprint density at radius 1 is 1.10 bits per heavy atom. The summed E-state index contributed by atoms with van der Waals surface area (Å²) in [7, 11) is 1.62. The number of H-pyrrole nitrogens is 1. The number of rotatable bonds is 6. The minimum atomic E-state index is -0.441. The van der Waals surface area contributed by atoms with Gasteiger partial charge in [0.05, 0.1) is 24.6 Å². The van der Waals surface area contributed by atoms with E-state index in [1.165, 1.54) is 0 Å². The van der Waals surface area contributed by atoms with Crippen LogP contribution in [0.3, 0.4) is 0 Å². The van der Waals surface area contributed by atoms with Crippen LogP contribution in [0, 0.1) is 0 Å². The molecule has 29 heavy (non-hydrogen) atoms. The van der Waals surface area contributed by atoms with Crippen LogP contribution in [-0.2, 0) is 11.2 Å². The first-order valence-electron chi connectivity index (χ1n) is 9.25. The molecule has 0 spiro atoms. The molecule has 0 fully saturated rings. The number of ether oxygens (including phenoxy) is 1. The number of nitrogens with zero attached hydrogens (tertiary/aromatic N) is 1. The predicted octanol–water partition coefficient (Wildman–Crippen LogP) is 4.67. The fourth-order valence-corrected chi connectivity index (χ4v) is 3.50. The third-order valence-electron chi connectivity index (χ3n) is 4.67. The van der Waals surface area contributed by atoms with E-state index in [1.54, 1.807) is 19.2 Å². The number of hydrogen-bond donors (Lipinski definition) is 2. The van der Waals surface area contributed by atoms with Crippen molar-refractivity contribution >= 4 is 28.5 Å². The Kier molecular flexibility index (Phi) is 5.49. The molecule has 0 saturated carbocycles. The van der Waals surface area contributed by atoms with Gasteiger partial charge in [0, 0.05) is 5.02 Å². The van der Waals surface area contributed by atoms with Crippen LogP contribution in [-0.4, -0.2) is 23.0 Å². The Bertz CT molecular complexity index is 1120. The summed E-state index contributed by atoms with van der Waals surface area (Å²) in [5.74, 6) is 1.26. The Labute approximate surface area is 173 Å². The average Bonchev–Trinajstić information content (AvgIpc) is 3.16. The number of carbonyl (C=O) groups is 1. The predicted molar refractivity (Wildman–Crippen MR) is 114 cm³/mol. The second-order valence-corrected chi connectivity index (χ2v) is 7.16. The molecule has 0 aliphatic rings. The molecule has 146 valence electrons. The van der Waals surface area contributed by atoms with Crippen molar-refractivity contribution < 1.29 is 9.53 Å². The molecule has 0 aliphatic carbocycles. The molecule has 0 aliphatic heterocycles. The smallest absolute Gasteiger partial charge is 0.225 e. The van der Waals surface area contributed by atoms with Gasteiger partial charge in [0.25, 0.3) is 0 Å². The third-order valence-corrected chi connectivity index (χ3v) is 4.90. The van der Waals surface area contributed by atoms with Gasteiger partial charge in [-0.05, 0) is 47.5 Å². The number of benzene rings is 3. The van der Waals surface area contributed by atoms with Gasteiger partial charge in [0.2, 0.25) is 5.91 Å². The first-order chi connectivity index (χ1) is 14.1. The lowest BCUT2D eigenvalue weighted by Crippen LogP contribution is -2.31. The van der Waals surface area contributed by atoms with Crippen molar-refractivity contribution in [3.63, 3.8) is 0 Å². The highest BCUT2D eigenvalue weighted by Crippen LogP contribution is 2.25. The zero-order chi connectivity index (χ0) is 20.2. The topological polar surface area (TPSA) is 67.0 Å². The standard InChI is InChI=1S/C23H20ClN3O2/c1-29-18-9-5-7-16(14-18)22(23-25-19-10-2-3-11-20(19)26-23)27-21(28)13-15-6-4-8-17(24)12-15/h2-12,14,22H,13H2,1H3,(H,25,26)(H,27,28). The van der Waals surface area contributed by atoms with Crippen molar-refractivity contribution in [2.24, 2.45) is 0 Å². The third kappa shape index (κ3) is 4.41. The van der Waals surface area contributed by atoms with Crippen LogP contribution >= 0.6 is 11.6 Å². The fourth-order valence-electron chi connectivity index (χ4n) is 3.28. The summed E-state index contributed by atoms with van der Waals surface area (Å²) in [4.78, 5) is 20.8. The normalized spacial score (nSPS) is 11.9. The summed E-state index contributed by atoms with van der Waals surface area (Å²) in [5.41, 5.74) is 3.49. The minimum Gasteiger partial charge on any atom is -0.497 e. The first-order valence-corrected chi connectivity index (χ1v) is 9.62. The summed E-state index contributed by atoms with van der Waals surface area (Å²) in [6.07, 6.45) is 0.223. The average molecular weight is 406 g/mol. The van der Waals surface area contributed by atoms with Crippen molar-refractivity contribution in [3.05, 3.63) is 94.8 Å². The van der Waals surface area contributed by atoms with Crippen molar-refractivity contribution in [1.29, 1.82) is 0 Å². The molecule has 0 bridgehead atoms. The molecular formula is C23H20ClN3O2. The molecule has 2 N–H and O–H groups in total. The van der Waals surface area contributed by atoms with E-state index in [2.05, 4.69) is 15.3 Å². The lowest BCUT2D eigenvalue weighted by atomic mass is 10.0. The van der Waals surface area contributed by atoms with E-state index < -0.39 is 6.04 Å². The van der Waals surface area contributed by atoms with Crippen LogP contribution in [0.15, 0.2) is 72.8 Å². The molecule has 4 rings (SSSR count). The summed E-state index contributed by atoms with van der Waals surface area (Å²) in [6, 6.07) is 22.2. The van der Waals surface area contributed by atoms with E-state index in [-0.39, 0.29) is 12.3 Å². The van der Waals surface area contributed by atoms with Gasteiger partial charge in [0.15, 0.2) is 0 Å². The fraction of sp³-hybridized carbons (Fsp3) is 0.130. The Morgan fingerprint density at radius 3 is 2.72 bits per heavy atom. The number of halogens is 1. The van der Waals surface area contributed by atoms with Gasteiger partial charge in [-0.15, -0.1) is 0 Å². The molecule has 6 heteroatoms. The van der Waals surface area contributed by atoms with Gasteiger partial charge in [-0.25, -0.2) is 4.98 Å². The van der Waals surface area contributed by atoms with Gasteiger partial charge < -0.3 is 15.0 Å². The van der Waals surface area contributed by atoms with Gasteiger partial charge in [-0.3, -0.25) is 4.79 Å². The number of nitrogens with one attached hydrogen (secondary N) is 2. The van der Waals surface area contributed by atoms with Crippen LogP contribution in [0.25, 0.3) is 11.0 Å². The van der Waals surface area contributed by atoms with Crippen LogP contribution < -0.4 is 10.1 Å². The van der Waals surface area contributed by atoms with Crippen LogP contribution in [0.1, 0.15) is 23.0 Å². The number of imidazole rings is 1. The van der Waals surface area contributed by atoms with E-state index >= 15 is 0 Å². The molecule has 3 aromatic carbocycles. The Hall–Kier alpha value is -3.31. The van der Waals surface area contributed by atoms with E-state index in [9.17, 15) is 4.79 Å².